The molecule has 24 heavy (non-hydrogen) atoms. The van der Waals surface area contributed by atoms with Crippen LogP contribution < -0.4 is 5.32 Å². The van der Waals surface area contributed by atoms with Gasteiger partial charge in [-0.25, -0.2) is 4.79 Å². The fourth-order valence-electron chi connectivity index (χ4n) is 2.88. The van der Waals surface area contributed by atoms with Gasteiger partial charge < -0.3 is 15.3 Å². The van der Waals surface area contributed by atoms with E-state index in [1.165, 1.54) is 0 Å². The average molecular weight is 365 g/mol. The van der Waals surface area contributed by atoms with E-state index in [0.29, 0.717) is 29.6 Å². The molecular weight excluding hydrogens is 348 g/mol. The Morgan fingerprint density at radius 1 is 1.46 bits per heavy atom. The van der Waals surface area contributed by atoms with Crippen molar-refractivity contribution in [1.29, 1.82) is 0 Å². The van der Waals surface area contributed by atoms with Gasteiger partial charge in [-0.1, -0.05) is 11.6 Å². The zero-order chi connectivity index (χ0) is 17.4. The molecule has 0 atom stereocenters. The largest absolute Gasteiger partial charge is 0.476 e. The Bertz CT molecular complexity index is 834. The fraction of sp³-hybridized carbons (Fsp3) is 0.312. The number of benzene rings is 1. The van der Waals surface area contributed by atoms with Crippen LogP contribution in [0.1, 0.15) is 27.3 Å². The van der Waals surface area contributed by atoms with E-state index in [0.717, 1.165) is 22.5 Å². The third-order valence-electron chi connectivity index (χ3n) is 4.17. The van der Waals surface area contributed by atoms with Gasteiger partial charge in [0.15, 0.2) is 10.8 Å². The molecule has 1 aliphatic heterocycles. The average Bonchev–Trinajstić information content (AvgIpc) is 2.87. The van der Waals surface area contributed by atoms with Crippen LogP contribution in [-0.2, 0) is 20.0 Å². The molecule has 8 heteroatoms. The molecule has 0 spiro atoms. The number of carbonyl (C=O) groups is 1. The number of thiocarbonyl (C=S) groups is 1. The standard InChI is InChI=1S/C16H17ClN4O2S/c1-9-7-10(17)3-4-12(9)18-16(24)21-6-5-11-13(8-21)20(2)19-14(11)15(22)23/h3-4,7H,5-6,8H2,1-2H3,(H,18,24)(H,22,23). The molecule has 0 fully saturated rings. The summed E-state index contributed by atoms with van der Waals surface area (Å²) in [4.78, 5) is 13.3. The lowest BCUT2D eigenvalue weighted by Crippen LogP contribution is -2.39. The molecule has 0 bridgehead atoms. The van der Waals surface area contributed by atoms with Gasteiger partial charge in [0.25, 0.3) is 0 Å². The summed E-state index contributed by atoms with van der Waals surface area (Å²) in [5.41, 5.74) is 3.74. The lowest BCUT2D eigenvalue weighted by atomic mass is 10.0. The Labute approximate surface area is 150 Å². The predicted octanol–water partition coefficient (Wildman–Crippen LogP) is 2.84. The number of hydrogen-bond donors (Lipinski definition) is 2. The molecule has 0 amide bonds. The highest BCUT2D eigenvalue weighted by Gasteiger charge is 2.27. The Hall–Kier alpha value is -2.12. The van der Waals surface area contributed by atoms with Crippen LogP contribution in [0.2, 0.25) is 5.02 Å². The minimum absolute atomic E-state index is 0.138. The number of rotatable bonds is 2. The van der Waals surface area contributed by atoms with Gasteiger partial charge in [-0.2, -0.15) is 5.10 Å². The van der Waals surface area contributed by atoms with Gasteiger partial charge in [-0.3, -0.25) is 4.68 Å². The SMILES string of the molecule is Cc1cc(Cl)ccc1NC(=S)N1CCc2c(C(=O)O)nn(C)c2C1. The van der Waals surface area contributed by atoms with E-state index < -0.39 is 5.97 Å². The molecule has 2 aromatic rings. The highest BCUT2D eigenvalue weighted by molar-refractivity contribution is 7.80. The van der Waals surface area contributed by atoms with Crippen LogP contribution in [0.15, 0.2) is 18.2 Å². The van der Waals surface area contributed by atoms with Crippen molar-refractivity contribution in [3.05, 3.63) is 45.7 Å². The molecule has 126 valence electrons. The fourth-order valence-corrected chi connectivity index (χ4v) is 3.37. The number of anilines is 1. The van der Waals surface area contributed by atoms with Crippen molar-refractivity contribution in [2.75, 3.05) is 11.9 Å². The maximum absolute atomic E-state index is 11.3. The molecule has 2 heterocycles. The number of aromatic carboxylic acids is 1. The Balaban J connectivity index is 1.78. The lowest BCUT2D eigenvalue weighted by molar-refractivity contribution is 0.0688. The molecule has 1 aromatic carbocycles. The summed E-state index contributed by atoms with van der Waals surface area (Å²) in [6.45, 7) is 3.15. The van der Waals surface area contributed by atoms with Crippen molar-refractivity contribution < 1.29 is 9.90 Å². The monoisotopic (exact) mass is 364 g/mol. The van der Waals surface area contributed by atoms with E-state index in [2.05, 4.69) is 10.4 Å². The number of aromatic nitrogens is 2. The summed E-state index contributed by atoms with van der Waals surface area (Å²) in [5, 5.41) is 17.9. The van der Waals surface area contributed by atoms with E-state index in [1.807, 2.05) is 30.0 Å². The number of fused-ring (bicyclic) bond motifs is 1. The van der Waals surface area contributed by atoms with Crippen LogP contribution >= 0.6 is 23.8 Å². The maximum atomic E-state index is 11.3. The molecular formula is C16H17ClN4O2S. The summed E-state index contributed by atoms with van der Waals surface area (Å²) >= 11 is 11.5. The second-order valence-electron chi connectivity index (χ2n) is 5.76. The molecule has 0 saturated carbocycles. The first-order valence-corrected chi connectivity index (χ1v) is 8.25. The van der Waals surface area contributed by atoms with Crippen LogP contribution in [0.3, 0.4) is 0 Å². The van der Waals surface area contributed by atoms with Crippen molar-refractivity contribution in [1.82, 2.24) is 14.7 Å². The normalized spacial score (nSPS) is 13.5. The van der Waals surface area contributed by atoms with Crippen LogP contribution in [0.5, 0.6) is 0 Å². The minimum atomic E-state index is -0.988. The van der Waals surface area contributed by atoms with Crippen LogP contribution in [0.25, 0.3) is 0 Å². The first-order valence-electron chi connectivity index (χ1n) is 7.47. The maximum Gasteiger partial charge on any atom is 0.356 e. The Morgan fingerprint density at radius 3 is 2.88 bits per heavy atom. The van der Waals surface area contributed by atoms with Gasteiger partial charge in [0.05, 0.1) is 12.2 Å². The van der Waals surface area contributed by atoms with E-state index in [4.69, 9.17) is 23.8 Å². The number of nitrogens with zero attached hydrogens (tertiary/aromatic N) is 3. The van der Waals surface area contributed by atoms with E-state index in [9.17, 15) is 9.90 Å². The molecule has 3 rings (SSSR count). The quantitative estimate of drug-likeness (QED) is 0.798. The van der Waals surface area contributed by atoms with E-state index >= 15 is 0 Å². The summed E-state index contributed by atoms with van der Waals surface area (Å²) in [6.07, 6.45) is 0.603. The minimum Gasteiger partial charge on any atom is -0.476 e. The van der Waals surface area contributed by atoms with Crippen molar-refractivity contribution >= 4 is 40.6 Å². The number of hydrogen-bond acceptors (Lipinski definition) is 3. The summed E-state index contributed by atoms with van der Waals surface area (Å²) in [6, 6.07) is 5.58. The number of aryl methyl sites for hydroxylation is 2. The van der Waals surface area contributed by atoms with E-state index in [-0.39, 0.29) is 5.69 Å². The first kappa shape index (κ1) is 16.7. The molecule has 0 saturated heterocycles. The van der Waals surface area contributed by atoms with Crippen molar-refractivity contribution in [3.63, 3.8) is 0 Å². The molecule has 1 aliphatic rings. The third kappa shape index (κ3) is 3.09. The topological polar surface area (TPSA) is 70.4 Å². The van der Waals surface area contributed by atoms with Crippen molar-refractivity contribution in [2.24, 2.45) is 7.05 Å². The Morgan fingerprint density at radius 2 is 2.21 bits per heavy atom. The summed E-state index contributed by atoms with van der Waals surface area (Å²) in [7, 11) is 1.76. The number of carboxylic acids is 1. The van der Waals surface area contributed by atoms with Gasteiger partial charge in [0.2, 0.25) is 0 Å². The van der Waals surface area contributed by atoms with Crippen molar-refractivity contribution in [2.45, 2.75) is 19.9 Å². The van der Waals surface area contributed by atoms with Crippen LogP contribution in [0, 0.1) is 6.92 Å². The van der Waals surface area contributed by atoms with Gasteiger partial charge in [0, 0.05) is 29.9 Å². The van der Waals surface area contributed by atoms with Gasteiger partial charge in [-0.05, 0) is 49.3 Å². The molecule has 6 nitrogen and oxygen atoms in total. The number of carboxylic acid groups (broad SMARTS) is 1. The van der Waals surface area contributed by atoms with Crippen LogP contribution in [-0.4, -0.2) is 37.4 Å². The van der Waals surface area contributed by atoms with Crippen LogP contribution in [0.4, 0.5) is 5.69 Å². The second-order valence-corrected chi connectivity index (χ2v) is 6.59. The third-order valence-corrected chi connectivity index (χ3v) is 4.76. The zero-order valence-corrected chi connectivity index (χ0v) is 14.9. The number of halogens is 1. The molecule has 0 unspecified atom stereocenters. The van der Waals surface area contributed by atoms with Crippen molar-refractivity contribution in [3.8, 4) is 0 Å². The van der Waals surface area contributed by atoms with Gasteiger partial charge in [0.1, 0.15) is 0 Å². The summed E-state index contributed by atoms with van der Waals surface area (Å²) in [5.74, 6) is -0.988. The predicted molar refractivity (Wildman–Crippen MR) is 96.7 cm³/mol. The van der Waals surface area contributed by atoms with Gasteiger partial charge >= 0.3 is 5.97 Å². The first-order chi connectivity index (χ1) is 11.4. The zero-order valence-electron chi connectivity index (χ0n) is 13.3. The lowest BCUT2D eigenvalue weighted by Gasteiger charge is -2.30. The molecule has 0 aliphatic carbocycles. The second kappa shape index (κ2) is 6.41. The Kier molecular flexibility index (Phi) is 4.47. The molecule has 1 aromatic heterocycles. The molecule has 0 radical (unpaired) electrons. The smallest absolute Gasteiger partial charge is 0.356 e. The highest BCUT2D eigenvalue weighted by atomic mass is 35.5. The highest BCUT2D eigenvalue weighted by Crippen LogP contribution is 2.24. The number of nitrogens with one attached hydrogen (secondary N) is 1. The van der Waals surface area contributed by atoms with Gasteiger partial charge in [-0.15, -0.1) is 0 Å². The molecule has 2 N–H and O–H groups in total. The van der Waals surface area contributed by atoms with E-state index in [1.54, 1.807) is 11.7 Å². The summed E-state index contributed by atoms with van der Waals surface area (Å²) < 4.78 is 1.63.